The minimum Gasteiger partial charge on any atom is -0.380 e. The lowest BCUT2D eigenvalue weighted by atomic mass is 9.90. The Morgan fingerprint density at radius 1 is 1.33 bits per heavy atom. The summed E-state index contributed by atoms with van der Waals surface area (Å²) in [6.45, 7) is 5.37. The lowest BCUT2D eigenvalue weighted by molar-refractivity contribution is 0.451. The smallest absolute Gasteiger partial charge is 0.0766 e. The Hall–Kier alpha value is -0.890. The van der Waals surface area contributed by atoms with E-state index in [4.69, 9.17) is 11.6 Å². The van der Waals surface area contributed by atoms with Gasteiger partial charge in [-0.1, -0.05) is 31.5 Å². The van der Waals surface area contributed by atoms with Crippen LogP contribution in [0, 0.1) is 0 Å². The van der Waals surface area contributed by atoms with Crippen molar-refractivity contribution in [1.29, 1.82) is 0 Å². The van der Waals surface area contributed by atoms with E-state index in [1.807, 2.05) is 12.1 Å². The number of anilines is 2. The molecule has 1 aromatic rings. The molecule has 1 heterocycles. The van der Waals surface area contributed by atoms with E-state index in [0.717, 1.165) is 35.8 Å². The largest absolute Gasteiger partial charge is 0.380 e. The monoisotopic (exact) mass is 224 g/mol. The van der Waals surface area contributed by atoms with Gasteiger partial charge in [0, 0.05) is 6.54 Å². The van der Waals surface area contributed by atoms with Crippen molar-refractivity contribution in [3.63, 3.8) is 0 Å². The molecule has 0 aliphatic carbocycles. The average Bonchev–Trinajstić information content (AvgIpc) is 2.29. The van der Waals surface area contributed by atoms with Crippen LogP contribution in [0.15, 0.2) is 18.2 Å². The first kappa shape index (κ1) is 10.6. The highest BCUT2D eigenvalue weighted by Gasteiger charge is 2.30. The van der Waals surface area contributed by atoms with Crippen molar-refractivity contribution in [2.24, 2.45) is 0 Å². The Balaban J connectivity index is 2.34. The fourth-order valence-electron chi connectivity index (χ4n) is 2.07. The molecule has 2 nitrogen and oxygen atoms in total. The zero-order valence-electron chi connectivity index (χ0n) is 9.23. The van der Waals surface area contributed by atoms with E-state index < -0.39 is 0 Å². The Kier molecular flexibility index (Phi) is 2.79. The van der Waals surface area contributed by atoms with Gasteiger partial charge in [0.25, 0.3) is 0 Å². The van der Waals surface area contributed by atoms with E-state index >= 15 is 0 Å². The van der Waals surface area contributed by atoms with Gasteiger partial charge in [-0.15, -0.1) is 0 Å². The van der Waals surface area contributed by atoms with Crippen LogP contribution in [-0.4, -0.2) is 12.1 Å². The van der Waals surface area contributed by atoms with Crippen LogP contribution in [-0.2, 0) is 0 Å². The second kappa shape index (κ2) is 3.93. The molecule has 0 amide bonds. The Morgan fingerprint density at radius 2 is 2.07 bits per heavy atom. The lowest BCUT2D eigenvalue weighted by Crippen LogP contribution is -2.46. The van der Waals surface area contributed by atoms with Crippen molar-refractivity contribution >= 4 is 23.0 Å². The van der Waals surface area contributed by atoms with Crippen molar-refractivity contribution in [1.82, 2.24) is 0 Å². The molecule has 0 unspecified atom stereocenters. The maximum absolute atomic E-state index is 6.12. The SMILES string of the molecule is CCC1(CC)CNc2c(Cl)cccc2N1. The third-order valence-electron chi connectivity index (χ3n) is 3.37. The first-order valence-corrected chi connectivity index (χ1v) is 5.89. The molecule has 82 valence electrons. The maximum atomic E-state index is 6.12. The molecule has 0 aromatic heterocycles. The summed E-state index contributed by atoms with van der Waals surface area (Å²) in [6.07, 6.45) is 2.23. The van der Waals surface area contributed by atoms with Crippen molar-refractivity contribution in [3.05, 3.63) is 23.2 Å². The molecule has 0 atom stereocenters. The molecule has 1 aliphatic heterocycles. The highest BCUT2D eigenvalue weighted by molar-refractivity contribution is 6.34. The van der Waals surface area contributed by atoms with E-state index in [1.54, 1.807) is 0 Å². The molecule has 2 rings (SSSR count). The van der Waals surface area contributed by atoms with Gasteiger partial charge in [-0.05, 0) is 25.0 Å². The van der Waals surface area contributed by atoms with Gasteiger partial charge in [-0.2, -0.15) is 0 Å². The van der Waals surface area contributed by atoms with E-state index in [-0.39, 0.29) is 5.54 Å². The lowest BCUT2D eigenvalue weighted by Gasteiger charge is -2.39. The third-order valence-corrected chi connectivity index (χ3v) is 3.69. The number of para-hydroxylation sites is 1. The van der Waals surface area contributed by atoms with Crippen LogP contribution in [0.5, 0.6) is 0 Å². The van der Waals surface area contributed by atoms with E-state index in [0.29, 0.717) is 0 Å². The number of hydrogen-bond acceptors (Lipinski definition) is 2. The van der Waals surface area contributed by atoms with Crippen LogP contribution in [0.1, 0.15) is 26.7 Å². The quantitative estimate of drug-likeness (QED) is 0.800. The summed E-state index contributed by atoms with van der Waals surface area (Å²) in [5.74, 6) is 0. The number of rotatable bonds is 2. The zero-order valence-corrected chi connectivity index (χ0v) is 9.99. The molecule has 0 bridgehead atoms. The van der Waals surface area contributed by atoms with Gasteiger partial charge in [0.1, 0.15) is 0 Å². The van der Waals surface area contributed by atoms with Gasteiger partial charge < -0.3 is 10.6 Å². The molecule has 1 aromatic carbocycles. The van der Waals surface area contributed by atoms with Crippen molar-refractivity contribution in [2.45, 2.75) is 32.2 Å². The van der Waals surface area contributed by atoms with Gasteiger partial charge in [-0.3, -0.25) is 0 Å². The van der Waals surface area contributed by atoms with E-state index in [2.05, 4.69) is 30.5 Å². The van der Waals surface area contributed by atoms with Crippen molar-refractivity contribution in [2.75, 3.05) is 17.2 Å². The molecule has 0 fully saturated rings. The summed E-state index contributed by atoms with van der Waals surface area (Å²) in [6, 6.07) is 5.98. The van der Waals surface area contributed by atoms with E-state index in [9.17, 15) is 0 Å². The highest BCUT2D eigenvalue weighted by Crippen LogP contribution is 2.37. The molecule has 15 heavy (non-hydrogen) atoms. The highest BCUT2D eigenvalue weighted by atomic mass is 35.5. The molecule has 0 radical (unpaired) electrons. The van der Waals surface area contributed by atoms with E-state index in [1.165, 1.54) is 0 Å². The van der Waals surface area contributed by atoms with Gasteiger partial charge in [0.15, 0.2) is 0 Å². The summed E-state index contributed by atoms with van der Waals surface area (Å²) >= 11 is 6.12. The number of nitrogens with one attached hydrogen (secondary N) is 2. The summed E-state index contributed by atoms with van der Waals surface area (Å²) in [4.78, 5) is 0. The first-order chi connectivity index (χ1) is 7.21. The second-order valence-corrected chi connectivity index (χ2v) is 4.54. The normalized spacial score (nSPS) is 17.5. The van der Waals surface area contributed by atoms with Gasteiger partial charge in [0.05, 0.1) is 21.9 Å². The minimum absolute atomic E-state index is 0.178. The number of fused-ring (bicyclic) bond motifs is 1. The number of benzene rings is 1. The van der Waals surface area contributed by atoms with Crippen LogP contribution in [0.4, 0.5) is 11.4 Å². The minimum atomic E-state index is 0.178. The third kappa shape index (κ3) is 1.78. The van der Waals surface area contributed by atoms with Gasteiger partial charge in [0.2, 0.25) is 0 Å². The molecule has 0 spiro atoms. The van der Waals surface area contributed by atoms with Crippen LogP contribution in [0.3, 0.4) is 0 Å². The predicted molar refractivity (Wildman–Crippen MR) is 66.9 cm³/mol. The standard InChI is InChI=1S/C12H17ClN2/c1-3-12(4-2)8-14-11-9(13)6-5-7-10(11)15-12/h5-7,14-15H,3-4,8H2,1-2H3. The Morgan fingerprint density at radius 3 is 2.73 bits per heavy atom. The van der Waals surface area contributed by atoms with Crippen LogP contribution in [0.25, 0.3) is 0 Å². The van der Waals surface area contributed by atoms with Crippen LogP contribution < -0.4 is 10.6 Å². The Labute approximate surface area is 96.0 Å². The average molecular weight is 225 g/mol. The van der Waals surface area contributed by atoms with Gasteiger partial charge >= 0.3 is 0 Å². The first-order valence-electron chi connectivity index (χ1n) is 5.51. The summed E-state index contributed by atoms with van der Waals surface area (Å²) in [7, 11) is 0. The molecular formula is C12H17ClN2. The number of halogens is 1. The predicted octanol–water partition coefficient (Wildman–Crippen LogP) is 3.74. The summed E-state index contributed by atoms with van der Waals surface area (Å²) in [5.41, 5.74) is 2.34. The van der Waals surface area contributed by atoms with Crippen LogP contribution in [0.2, 0.25) is 5.02 Å². The van der Waals surface area contributed by atoms with Crippen LogP contribution >= 0.6 is 11.6 Å². The maximum Gasteiger partial charge on any atom is 0.0766 e. The molecule has 0 saturated carbocycles. The topological polar surface area (TPSA) is 24.1 Å². The molecule has 3 heteroatoms. The molecule has 2 N–H and O–H groups in total. The number of hydrogen-bond donors (Lipinski definition) is 2. The van der Waals surface area contributed by atoms with Gasteiger partial charge in [-0.25, -0.2) is 0 Å². The van der Waals surface area contributed by atoms with Crippen molar-refractivity contribution in [3.8, 4) is 0 Å². The summed E-state index contributed by atoms with van der Waals surface area (Å²) in [5, 5.41) is 7.83. The molecule has 1 aliphatic rings. The molecular weight excluding hydrogens is 208 g/mol. The summed E-state index contributed by atoms with van der Waals surface area (Å²) < 4.78 is 0. The molecule has 0 saturated heterocycles. The Bertz CT molecular complexity index is 359. The zero-order chi connectivity index (χ0) is 10.9. The second-order valence-electron chi connectivity index (χ2n) is 4.13. The van der Waals surface area contributed by atoms with Crippen molar-refractivity contribution < 1.29 is 0 Å². The fraction of sp³-hybridized carbons (Fsp3) is 0.500. The fourth-order valence-corrected chi connectivity index (χ4v) is 2.31.